The molecule has 1 fully saturated rings. The van der Waals surface area contributed by atoms with E-state index in [0.29, 0.717) is 89.7 Å². The SMILES string of the molecule is C1COCCOCCOCCOCCOCCO1.F[Si](F)(F)CC[Si](CC[Si-](F)(F)(F)F)(c1ccccc1)c1ccccc1.[K+]. The molecule has 1 aliphatic heterocycles. The molecule has 1 saturated heterocycles. The van der Waals surface area contributed by atoms with Gasteiger partial charge in [0.1, 0.15) is 0 Å². The molecule has 0 unspecified atom stereocenters. The van der Waals surface area contributed by atoms with Crippen LogP contribution >= 0.6 is 0 Å². The van der Waals surface area contributed by atoms with Crippen molar-refractivity contribution in [2.24, 2.45) is 0 Å². The van der Waals surface area contributed by atoms with Crippen LogP contribution in [0.3, 0.4) is 0 Å². The first-order valence-corrected chi connectivity index (χ1v) is 21.0. The number of ether oxygens (including phenoxy) is 6. The first-order valence-electron chi connectivity index (χ1n) is 14.5. The third kappa shape index (κ3) is 20.9. The molecule has 0 atom stereocenters. The van der Waals surface area contributed by atoms with Gasteiger partial charge in [-0.05, 0) is 0 Å². The Balaban J connectivity index is 0.000000470. The van der Waals surface area contributed by atoms with E-state index in [1.54, 1.807) is 60.7 Å². The van der Waals surface area contributed by atoms with E-state index >= 15 is 0 Å². The van der Waals surface area contributed by atoms with E-state index in [9.17, 15) is 28.8 Å². The van der Waals surface area contributed by atoms with Crippen LogP contribution < -0.4 is 61.8 Å². The van der Waals surface area contributed by atoms with Crippen LogP contribution in [-0.4, -0.2) is 105 Å². The van der Waals surface area contributed by atoms with Gasteiger partial charge in [0.25, 0.3) is 0 Å². The van der Waals surface area contributed by atoms with Crippen LogP contribution in [-0.2, 0) is 28.4 Å². The predicted molar refractivity (Wildman–Crippen MR) is 161 cm³/mol. The van der Waals surface area contributed by atoms with Crippen molar-refractivity contribution >= 4 is 36.2 Å². The Labute approximate surface area is 306 Å². The summed E-state index contributed by atoms with van der Waals surface area (Å²) in [7, 11) is -17.4. The monoisotopic (exact) mass is 730 g/mol. The summed E-state index contributed by atoms with van der Waals surface area (Å²) in [6.07, 6.45) is 0. The molecule has 17 heteroatoms. The molecule has 3 rings (SSSR count). The summed E-state index contributed by atoms with van der Waals surface area (Å²) in [5.74, 6) is 0. The van der Waals surface area contributed by atoms with Crippen molar-refractivity contribution < 1.29 is 109 Å². The van der Waals surface area contributed by atoms with Crippen LogP contribution in [0.15, 0.2) is 60.7 Å². The van der Waals surface area contributed by atoms with Crippen LogP contribution in [0.2, 0.25) is 24.2 Å². The molecule has 252 valence electrons. The van der Waals surface area contributed by atoms with Crippen LogP contribution in [0.1, 0.15) is 0 Å². The van der Waals surface area contributed by atoms with Crippen molar-refractivity contribution in [1.29, 1.82) is 0 Å². The first kappa shape index (κ1) is 43.0. The molecule has 1 heterocycles. The molecular formula is C28H42F7KO6Si3. The summed E-state index contributed by atoms with van der Waals surface area (Å²) in [6, 6.07) is 12.3. The van der Waals surface area contributed by atoms with E-state index in [1.165, 1.54) is 0 Å². The molecule has 0 aromatic heterocycles. The van der Waals surface area contributed by atoms with Crippen molar-refractivity contribution in [3.63, 3.8) is 0 Å². The topological polar surface area (TPSA) is 55.4 Å². The summed E-state index contributed by atoms with van der Waals surface area (Å²) in [4.78, 5) is 0. The molecule has 45 heavy (non-hydrogen) atoms. The van der Waals surface area contributed by atoms with Gasteiger partial charge in [-0.2, -0.15) is 0 Å². The summed E-state index contributed by atoms with van der Waals surface area (Å²) in [6.45, 7) is 7.04. The van der Waals surface area contributed by atoms with Crippen LogP contribution in [0.5, 0.6) is 0 Å². The Hall–Kier alpha value is -0.00299. The Morgan fingerprint density at radius 3 is 1.00 bits per heavy atom. The molecule has 1 aliphatic rings. The van der Waals surface area contributed by atoms with Gasteiger partial charge < -0.3 is 28.4 Å². The number of hydrogen-bond donors (Lipinski definition) is 0. The molecular weight excluding hydrogens is 689 g/mol. The van der Waals surface area contributed by atoms with Crippen LogP contribution in [0, 0.1) is 0 Å². The van der Waals surface area contributed by atoms with Gasteiger partial charge in [-0.1, -0.05) is 0 Å². The average Bonchev–Trinajstić information content (AvgIpc) is 2.97. The molecule has 0 aliphatic carbocycles. The zero-order valence-corrected chi connectivity index (χ0v) is 31.8. The second-order valence-electron chi connectivity index (χ2n) is 10.1. The van der Waals surface area contributed by atoms with Crippen molar-refractivity contribution in [3.8, 4) is 0 Å². The maximum absolute atomic E-state index is 13.1. The van der Waals surface area contributed by atoms with Gasteiger partial charge in [0, 0.05) is 0 Å². The summed E-state index contributed by atoms with van der Waals surface area (Å²) in [5, 5.41) is 0.961. The summed E-state index contributed by atoms with van der Waals surface area (Å²) in [5.41, 5.74) is 0. The molecule has 0 bridgehead atoms. The zero-order chi connectivity index (χ0) is 32.2. The van der Waals surface area contributed by atoms with E-state index in [0.717, 1.165) is 0 Å². The maximum Gasteiger partial charge on any atom is 1.00 e. The third-order valence-corrected chi connectivity index (χ3v) is 14.6. The Bertz CT molecular complexity index is 901. The van der Waals surface area contributed by atoms with Gasteiger partial charge in [0.2, 0.25) is 0 Å². The van der Waals surface area contributed by atoms with E-state index in [-0.39, 0.29) is 57.4 Å². The fraction of sp³-hybridized carbons (Fsp3) is 0.571. The predicted octanol–water partition coefficient (Wildman–Crippen LogP) is 2.47. The van der Waals surface area contributed by atoms with Gasteiger partial charge in [-0.25, -0.2) is 0 Å². The van der Waals surface area contributed by atoms with Gasteiger partial charge in [-0.3, -0.25) is 0 Å². The number of hydrogen-bond acceptors (Lipinski definition) is 6. The smallest absolute Gasteiger partial charge is 1.00 e. The zero-order valence-electron chi connectivity index (χ0n) is 25.7. The Morgan fingerprint density at radius 2 is 0.756 bits per heavy atom. The molecule has 0 spiro atoms. The van der Waals surface area contributed by atoms with Crippen molar-refractivity contribution in [3.05, 3.63) is 60.7 Å². The number of benzene rings is 2. The minimum atomic E-state index is -8.07. The standard InChI is InChI=1S/C16H18F7Si3.C12H24O6.K/c17-25(18,19)12-11-24(13-14-26(20,21,22)23,15-7-3-1-4-8-15)16-9-5-2-6-10-16;1-2-14-5-6-16-9-10-18-12-11-17-8-7-15-4-3-13-1;/h1-10H,11-14H2;1-12H2;/q-1;;+1. The molecule has 0 N–H and O–H groups in total. The van der Waals surface area contributed by atoms with E-state index in [2.05, 4.69) is 0 Å². The van der Waals surface area contributed by atoms with E-state index < -0.39 is 44.0 Å². The average molecular weight is 731 g/mol. The Kier molecular flexibility index (Phi) is 21.6. The molecule has 6 nitrogen and oxygen atoms in total. The summed E-state index contributed by atoms with van der Waals surface area (Å²) >= 11 is 0. The number of halogens is 7. The molecule has 0 amide bonds. The maximum atomic E-state index is 13.1. The largest absolute Gasteiger partial charge is 1.00 e. The van der Waals surface area contributed by atoms with Gasteiger partial charge in [0.05, 0.1) is 79.3 Å². The van der Waals surface area contributed by atoms with Gasteiger partial charge in [-0.15, -0.1) is 0 Å². The third-order valence-electron chi connectivity index (χ3n) is 6.65. The second kappa shape index (κ2) is 22.6. The summed E-state index contributed by atoms with van der Waals surface area (Å²) < 4.78 is 123. The normalized spacial score (nSPS) is 18.1. The molecule has 2 aromatic rings. The Morgan fingerprint density at radius 1 is 0.467 bits per heavy atom. The minimum Gasteiger partial charge on any atom is 1.00 e. The van der Waals surface area contributed by atoms with Crippen molar-refractivity contribution in [2.75, 3.05) is 79.3 Å². The van der Waals surface area contributed by atoms with Crippen molar-refractivity contribution in [2.45, 2.75) is 24.2 Å². The minimum absolute atomic E-state index is 0. The van der Waals surface area contributed by atoms with Crippen LogP contribution in [0.4, 0.5) is 28.8 Å². The van der Waals surface area contributed by atoms with E-state index in [4.69, 9.17) is 28.4 Å². The fourth-order valence-electron chi connectivity index (χ4n) is 4.46. The van der Waals surface area contributed by atoms with Gasteiger partial charge >= 0.3 is 201 Å². The van der Waals surface area contributed by atoms with Crippen molar-refractivity contribution in [1.82, 2.24) is 0 Å². The second-order valence-corrected chi connectivity index (χ2v) is 18.5. The van der Waals surface area contributed by atoms with E-state index in [1.807, 2.05) is 0 Å². The molecule has 0 radical (unpaired) electrons. The van der Waals surface area contributed by atoms with Gasteiger partial charge in [0.15, 0.2) is 0 Å². The molecule has 2 aromatic carbocycles. The number of rotatable bonds is 8. The fourth-order valence-corrected chi connectivity index (χ4v) is 13.9. The molecule has 0 saturated carbocycles. The quantitative estimate of drug-likeness (QED) is 0.237. The van der Waals surface area contributed by atoms with Crippen LogP contribution in [0.25, 0.3) is 0 Å². The first-order chi connectivity index (χ1) is 20.9.